The third-order valence-corrected chi connectivity index (χ3v) is 6.33. The Labute approximate surface area is 182 Å². The molecule has 0 bridgehead atoms. The molecule has 1 fully saturated rings. The number of ether oxygens (including phenoxy) is 1. The van der Waals surface area contributed by atoms with Gasteiger partial charge < -0.3 is 15.0 Å². The van der Waals surface area contributed by atoms with Crippen molar-refractivity contribution in [3.05, 3.63) is 54.1 Å². The Morgan fingerprint density at radius 1 is 1.00 bits per heavy atom. The molecule has 0 aliphatic carbocycles. The summed E-state index contributed by atoms with van der Waals surface area (Å²) in [5.74, 6) is 0.126. The van der Waals surface area contributed by atoms with E-state index in [1.165, 1.54) is 13.5 Å². The normalized spacial score (nSPS) is 14.1. The van der Waals surface area contributed by atoms with Gasteiger partial charge in [-0.1, -0.05) is 0 Å². The molecule has 0 spiro atoms. The highest BCUT2D eigenvalue weighted by Crippen LogP contribution is 2.20. The SMILES string of the molecule is CN(c1ccc(OCC(=O)Nc2ccc(C(=O)N3CCCCC3)cc2)cc1)S(C)(=O)=O. The molecule has 0 aromatic heterocycles. The summed E-state index contributed by atoms with van der Waals surface area (Å²) in [6.45, 7) is 1.39. The van der Waals surface area contributed by atoms with Crippen molar-refractivity contribution < 1.29 is 22.7 Å². The lowest BCUT2D eigenvalue weighted by atomic mass is 10.1. The molecule has 31 heavy (non-hydrogen) atoms. The van der Waals surface area contributed by atoms with Gasteiger partial charge in [-0.25, -0.2) is 8.42 Å². The lowest BCUT2D eigenvalue weighted by Gasteiger charge is -2.26. The summed E-state index contributed by atoms with van der Waals surface area (Å²) < 4.78 is 29.7. The van der Waals surface area contributed by atoms with Gasteiger partial charge in [0.2, 0.25) is 10.0 Å². The van der Waals surface area contributed by atoms with E-state index in [2.05, 4.69) is 5.32 Å². The number of nitrogens with zero attached hydrogens (tertiary/aromatic N) is 2. The van der Waals surface area contributed by atoms with Crippen molar-refractivity contribution in [3.8, 4) is 5.75 Å². The standard InChI is InChI=1S/C22H27N3O5S/c1-24(31(2,28)29)19-10-12-20(13-11-19)30-16-21(26)23-18-8-6-17(7-9-18)22(27)25-14-4-3-5-15-25/h6-13H,3-5,14-16H2,1-2H3,(H,23,26). The minimum absolute atomic E-state index is 0.0193. The Morgan fingerprint density at radius 3 is 2.19 bits per heavy atom. The van der Waals surface area contributed by atoms with Crippen LogP contribution in [0.4, 0.5) is 11.4 Å². The summed E-state index contributed by atoms with van der Waals surface area (Å²) in [5.41, 5.74) is 1.68. The first-order chi connectivity index (χ1) is 14.7. The van der Waals surface area contributed by atoms with Crippen molar-refractivity contribution in [2.45, 2.75) is 19.3 Å². The molecule has 1 aliphatic rings. The summed E-state index contributed by atoms with van der Waals surface area (Å²) in [4.78, 5) is 26.5. The van der Waals surface area contributed by atoms with Gasteiger partial charge in [-0.2, -0.15) is 0 Å². The fourth-order valence-corrected chi connectivity index (χ4v) is 3.77. The van der Waals surface area contributed by atoms with Gasteiger partial charge in [0.05, 0.1) is 11.9 Å². The van der Waals surface area contributed by atoms with Crippen LogP contribution in [0.15, 0.2) is 48.5 Å². The number of piperidine rings is 1. The van der Waals surface area contributed by atoms with Gasteiger partial charge in [0.1, 0.15) is 5.75 Å². The zero-order chi connectivity index (χ0) is 22.4. The number of sulfonamides is 1. The number of hydrogen-bond acceptors (Lipinski definition) is 5. The molecule has 166 valence electrons. The van der Waals surface area contributed by atoms with Crippen molar-refractivity contribution in [1.29, 1.82) is 0 Å². The molecule has 9 heteroatoms. The fourth-order valence-electron chi connectivity index (χ4n) is 3.27. The number of carbonyl (C=O) groups excluding carboxylic acids is 2. The topological polar surface area (TPSA) is 96.0 Å². The summed E-state index contributed by atoms with van der Waals surface area (Å²) in [7, 11) is -1.88. The molecule has 2 aromatic rings. The molecule has 1 saturated heterocycles. The number of hydrogen-bond donors (Lipinski definition) is 1. The molecule has 0 saturated carbocycles. The first-order valence-corrected chi connectivity index (χ1v) is 11.9. The monoisotopic (exact) mass is 445 g/mol. The number of anilines is 2. The van der Waals surface area contributed by atoms with Crippen LogP contribution in [0, 0.1) is 0 Å². The highest BCUT2D eigenvalue weighted by atomic mass is 32.2. The maximum Gasteiger partial charge on any atom is 0.262 e. The second-order valence-electron chi connectivity index (χ2n) is 7.49. The third kappa shape index (κ3) is 6.21. The van der Waals surface area contributed by atoms with Crippen molar-refractivity contribution in [3.63, 3.8) is 0 Å². The Balaban J connectivity index is 1.50. The molecule has 8 nitrogen and oxygen atoms in total. The van der Waals surface area contributed by atoms with Crippen molar-refractivity contribution in [1.82, 2.24) is 4.90 Å². The van der Waals surface area contributed by atoms with Gasteiger partial charge in [0.25, 0.3) is 11.8 Å². The van der Waals surface area contributed by atoms with E-state index in [9.17, 15) is 18.0 Å². The molecule has 3 rings (SSSR count). The second-order valence-corrected chi connectivity index (χ2v) is 9.51. The van der Waals surface area contributed by atoms with Crippen molar-refractivity contribution in [2.24, 2.45) is 0 Å². The fraction of sp³-hybridized carbons (Fsp3) is 0.364. The Bertz CT molecular complexity index is 1010. The van der Waals surface area contributed by atoms with Gasteiger partial charge in [-0.3, -0.25) is 13.9 Å². The lowest BCUT2D eigenvalue weighted by Crippen LogP contribution is -2.35. The zero-order valence-electron chi connectivity index (χ0n) is 17.7. The molecule has 1 aliphatic heterocycles. The van der Waals surface area contributed by atoms with Crippen molar-refractivity contribution >= 4 is 33.2 Å². The van der Waals surface area contributed by atoms with Crippen LogP contribution in [-0.4, -0.2) is 58.1 Å². The van der Waals surface area contributed by atoms with E-state index >= 15 is 0 Å². The first kappa shape index (κ1) is 22.6. The average molecular weight is 446 g/mol. The molecule has 2 amide bonds. The van der Waals surface area contributed by atoms with E-state index < -0.39 is 10.0 Å². The van der Waals surface area contributed by atoms with E-state index in [1.54, 1.807) is 48.5 Å². The predicted molar refractivity (Wildman–Crippen MR) is 120 cm³/mol. The Morgan fingerprint density at radius 2 is 1.61 bits per heavy atom. The smallest absolute Gasteiger partial charge is 0.262 e. The van der Waals surface area contributed by atoms with Gasteiger partial charge in [-0.15, -0.1) is 0 Å². The molecule has 2 aromatic carbocycles. The van der Waals surface area contributed by atoms with E-state index in [0.717, 1.165) is 36.5 Å². The molecule has 0 atom stereocenters. The molecule has 1 N–H and O–H groups in total. The van der Waals surface area contributed by atoms with Gasteiger partial charge in [0.15, 0.2) is 6.61 Å². The maximum atomic E-state index is 12.5. The van der Waals surface area contributed by atoms with Crippen LogP contribution in [0.3, 0.4) is 0 Å². The summed E-state index contributed by atoms with van der Waals surface area (Å²) in [5, 5.41) is 2.73. The number of amides is 2. The summed E-state index contributed by atoms with van der Waals surface area (Å²) >= 11 is 0. The zero-order valence-corrected chi connectivity index (χ0v) is 18.5. The predicted octanol–water partition coefficient (Wildman–Crippen LogP) is 2.73. The van der Waals surface area contributed by atoms with Crippen LogP contribution < -0.4 is 14.4 Å². The van der Waals surface area contributed by atoms with Gasteiger partial charge >= 0.3 is 0 Å². The number of likely N-dealkylation sites (tertiary alicyclic amines) is 1. The minimum atomic E-state index is -3.34. The third-order valence-electron chi connectivity index (χ3n) is 5.13. The number of rotatable bonds is 7. The summed E-state index contributed by atoms with van der Waals surface area (Å²) in [6, 6.07) is 13.2. The number of benzene rings is 2. The largest absolute Gasteiger partial charge is 0.484 e. The second kappa shape index (κ2) is 9.82. The number of nitrogens with one attached hydrogen (secondary N) is 1. The number of carbonyl (C=O) groups is 2. The average Bonchev–Trinajstić information content (AvgIpc) is 2.77. The maximum absolute atomic E-state index is 12.5. The van der Waals surface area contributed by atoms with Crippen LogP contribution >= 0.6 is 0 Å². The van der Waals surface area contributed by atoms with Crippen LogP contribution in [-0.2, 0) is 14.8 Å². The van der Waals surface area contributed by atoms with Crippen LogP contribution in [0.2, 0.25) is 0 Å². The van der Waals surface area contributed by atoms with Crippen LogP contribution in [0.1, 0.15) is 29.6 Å². The first-order valence-electron chi connectivity index (χ1n) is 10.1. The van der Waals surface area contributed by atoms with Crippen LogP contribution in [0.25, 0.3) is 0 Å². The van der Waals surface area contributed by atoms with E-state index in [0.29, 0.717) is 22.7 Å². The van der Waals surface area contributed by atoms with E-state index in [1.807, 2.05) is 4.90 Å². The van der Waals surface area contributed by atoms with E-state index in [-0.39, 0.29) is 18.4 Å². The molecular weight excluding hydrogens is 418 g/mol. The quantitative estimate of drug-likeness (QED) is 0.707. The minimum Gasteiger partial charge on any atom is -0.484 e. The lowest BCUT2D eigenvalue weighted by molar-refractivity contribution is -0.118. The Kier molecular flexibility index (Phi) is 7.17. The van der Waals surface area contributed by atoms with Crippen LogP contribution in [0.5, 0.6) is 5.75 Å². The molecule has 0 radical (unpaired) electrons. The van der Waals surface area contributed by atoms with E-state index in [4.69, 9.17) is 4.74 Å². The van der Waals surface area contributed by atoms with Crippen molar-refractivity contribution in [2.75, 3.05) is 42.6 Å². The van der Waals surface area contributed by atoms with Gasteiger partial charge in [0, 0.05) is 31.4 Å². The molecule has 1 heterocycles. The summed E-state index contributed by atoms with van der Waals surface area (Å²) in [6.07, 6.45) is 4.37. The highest BCUT2D eigenvalue weighted by Gasteiger charge is 2.18. The van der Waals surface area contributed by atoms with Gasteiger partial charge in [-0.05, 0) is 67.8 Å². The molecule has 0 unspecified atom stereocenters. The molecular formula is C22H27N3O5S. The Hall–Kier alpha value is -3.07. The highest BCUT2D eigenvalue weighted by molar-refractivity contribution is 7.92.